The summed E-state index contributed by atoms with van der Waals surface area (Å²) >= 11 is 1.47. The number of aromatic nitrogens is 1. The summed E-state index contributed by atoms with van der Waals surface area (Å²) < 4.78 is 10.9. The van der Waals surface area contributed by atoms with Gasteiger partial charge in [-0.1, -0.05) is 12.1 Å². The Bertz CT molecular complexity index is 513. The van der Waals surface area contributed by atoms with Crippen LogP contribution in [0.25, 0.3) is 10.2 Å². The fourth-order valence-electron chi connectivity index (χ4n) is 1.66. The van der Waals surface area contributed by atoms with E-state index in [4.69, 9.17) is 14.9 Å². The first kappa shape index (κ1) is 14.0. The lowest BCUT2D eigenvalue weighted by atomic mass is 9.96. The fourth-order valence-corrected chi connectivity index (χ4v) is 2.56. The summed E-state index contributed by atoms with van der Waals surface area (Å²) in [5, 5.41) is 8.06. The molecule has 0 radical (unpaired) electrons. The molecule has 1 heterocycles. The first-order chi connectivity index (χ1) is 9.24. The van der Waals surface area contributed by atoms with Crippen molar-refractivity contribution in [1.29, 1.82) is 5.41 Å². The fraction of sp³-hybridized carbons (Fsp3) is 0.429. The SMILES string of the molecule is COC(=N)c1nc2ccccc2s1.COC1CCC1. The summed E-state index contributed by atoms with van der Waals surface area (Å²) in [5.74, 6) is 0.126. The van der Waals surface area contributed by atoms with Crippen molar-refractivity contribution in [2.75, 3.05) is 14.2 Å². The summed E-state index contributed by atoms with van der Waals surface area (Å²) in [6.07, 6.45) is 4.57. The summed E-state index contributed by atoms with van der Waals surface area (Å²) in [7, 11) is 3.26. The second kappa shape index (κ2) is 6.63. The van der Waals surface area contributed by atoms with Crippen molar-refractivity contribution in [1.82, 2.24) is 4.98 Å². The second-order valence-electron chi connectivity index (χ2n) is 4.31. The summed E-state index contributed by atoms with van der Waals surface area (Å²) in [6, 6.07) is 7.81. The number of thiazole rings is 1. The number of para-hydroxylation sites is 1. The van der Waals surface area contributed by atoms with Crippen LogP contribution in [0.3, 0.4) is 0 Å². The molecule has 0 spiro atoms. The molecule has 1 fully saturated rings. The van der Waals surface area contributed by atoms with E-state index in [1.54, 1.807) is 7.11 Å². The summed E-state index contributed by atoms with van der Waals surface area (Å²) in [5.41, 5.74) is 0.921. The Morgan fingerprint density at radius 2 is 2.05 bits per heavy atom. The molecule has 0 aliphatic heterocycles. The van der Waals surface area contributed by atoms with E-state index in [-0.39, 0.29) is 5.90 Å². The van der Waals surface area contributed by atoms with Gasteiger partial charge in [0.25, 0.3) is 0 Å². The minimum absolute atomic E-state index is 0.126. The van der Waals surface area contributed by atoms with Gasteiger partial charge in [0, 0.05) is 7.11 Å². The summed E-state index contributed by atoms with van der Waals surface area (Å²) in [6.45, 7) is 0. The maximum atomic E-state index is 7.44. The molecule has 4 nitrogen and oxygen atoms in total. The molecule has 102 valence electrons. The van der Waals surface area contributed by atoms with Gasteiger partial charge in [0.15, 0.2) is 5.01 Å². The third-order valence-corrected chi connectivity index (χ3v) is 4.11. The van der Waals surface area contributed by atoms with E-state index >= 15 is 0 Å². The molecular weight excluding hydrogens is 260 g/mol. The molecule has 19 heavy (non-hydrogen) atoms. The Labute approximate surface area is 116 Å². The van der Waals surface area contributed by atoms with Gasteiger partial charge in [0.05, 0.1) is 23.4 Å². The molecule has 1 aliphatic carbocycles. The van der Waals surface area contributed by atoms with E-state index in [2.05, 4.69) is 4.98 Å². The highest BCUT2D eigenvalue weighted by Crippen LogP contribution is 2.21. The maximum absolute atomic E-state index is 7.44. The van der Waals surface area contributed by atoms with Gasteiger partial charge in [-0.3, -0.25) is 5.41 Å². The number of ether oxygens (including phenoxy) is 2. The van der Waals surface area contributed by atoms with E-state index in [0.29, 0.717) is 11.1 Å². The van der Waals surface area contributed by atoms with Crippen molar-refractivity contribution in [2.45, 2.75) is 25.4 Å². The highest BCUT2D eigenvalue weighted by Gasteiger charge is 2.14. The molecule has 1 aromatic heterocycles. The molecule has 1 aliphatic rings. The first-order valence-corrected chi connectivity index (χ1v) is 7.07. The number of nitrogens with one attached hydrogen (secondary N) is 1. The number of fused-ring (bicyclic) bond motifs is 1. The normalized spacial score (nSPS) is 14.4. The van der Waals surface area contributed by atoms with E-state index in [9.17, 15) is 0 Å². The Kier molecular flexibility index (Phi) is 4.87. The van der Waals surface area contributed by atoms with Crippen LogP contribution in [0.5, 0.6) is 0 Å². The van der Waals surface area contributed by atoms with Gasteiger partial charge in [-0.15, -0.1) is 11.3 Å². The van der Waals surface area contributed by atoms with Gasteiger partial charge in [-0.2, -0.15) is 0 Å². The molecule has 2 aromatic rings. The predicted molar refractivity (Wildman–Crippen MR) is 78.1 cm³/mol. The van der Waals surface area contributed by atoms with E-state index in [1.165, 1.54) is 37.7 Å². The highest BCUT2D eigenvalue weighted by atomic mass is 32.1. The Hall–Kier alpha value is -1.46. The van der Waals surface area contributed by atoms with Crippen molar-refractivity contribution in [3.8, 4) is 0 Å². The molecular formula is C14H18N2O2S. The van der Waals surface area contributed by atoms with E-state index in [0.717, 1.165) is 10.2 Å². The van der Waals surface area contributed by atoms with Crippen molar-refractivity contribution in [3.63, 3.8) is 0 Å². The molecule has 1 N–H and O–H groups in total. The molecule has 3 rings (SSSR count). The molecule has 5 heteroatoms. The van der Waals surface area contributed by atoms with Gasteiger partial charge in [-0.25, -0.2) is 4.98 Å². The zero-order valence-corrected chi connectivity index (χ0v) is 12.0. The second-order valence-corrected chi connectivity index (χ2v) is 5.34. The molecule has 1 aromatic carbocycles. The van der Waals surface area contributed by atoms with Gasteiger partial charge < -0.3 is 9.47 Å². The zero-order chi connectivity index (χ0) is 13.7. The molecule has 0 amide bonds. The lowest BCUT2D eigenvalue weighted by Crippen LogP contribution is -2.18. The number of hydrogen-bond acceptors (Lipinski definition) is 5. The van der Waals surface area contributed by atoms with Crippen LogP contribution >= 0.6 is 11.3 Å². The topological polar surface area (TPSA) is 55.2 Å². The number of nitrogens with zero attached hydrogens (tertiary/aromatic N) is 1. The third kappa shape index (κ3) is 3.52. The van der Waals surface area contributed by atoms with Crippen LogP contribution in [0.2, 0.25) is 0 Å². The van der Waals surface area contributed by atoms with E-state index in [1.807, 2.05) is 24.3 Å². The van der Waals surface area contributed by atoms with Gasteiger partial charge in [0.1, 0.15) is 0 Å². The smallest absolute Gasteiger partial charge is 0.242 e. The number of methoxy groups -OCH3 is 2. The monoisotopic (exact) mass is 278 g/mol. The third-order valence-electron chi connectivity index (χ3n) is 3.08. The predicted octanol–water partition coefficient (Wildman–Crippen LogP) is 3.45. The highest BCUT2D eigenvalue weighted by molar-refractivity contribution is 7.20. The Morgan fingerprint density at radius 3 is 2.53 bits per heavy atom. The van der Waals surface area contributed by atoms with Crippen LogP contribution in [-0.4, -0.2) is 31.2 Å². The largest absolute Gasteiger partial charge is 0.479 e. The first-order valence-electron chi connectivity index (χ1n) is 6.26. The maximum Gasteiger partial charge on any atom is 0.242 e. The quantitative estimate of drug-likeness (QED) is 0.676. The van der Waals surface area contributed by atoms with Crippen LogP contribution in [0.1, 0.15) is 24.3 Å². The van der Waals surface area contributed by atoms with Crippen molar-refractivity contribution in [2.24, 2.45) is 0 Å². The Balaban J connectivity index is 0.000000186. The molecule has 0 atom stereocenters. The van der Waals surface area contributed by atoms with Crippen molar-refractivity contribution in [3.05, 3.63) is 29.3 Å². The van der Waals surface area contributed by atoms with Gasteiger partial charge in [-0.05, 0) is 31.4 Å². The molecule has 0 saturated heterocycles. The van der Waals surface area contributed by atoms with Crippen LogP contribution in [0.15, 0.2) is 24.3 Å². The average molecular weight is 278 g/mol. The standard InChI is InChI=1S/C9H8N2OS.C5H10O/c1-12-8(10)9-11-6-4-2-3-5-7(6)13-9;1-6-5-3-2-4-5/h2-5,10H,1H3;5H,2-4H2,1H3. The van der Waals surface area contributed by atoms with Crippen molar-refractivity contribution >= 4 is 27.5 Å². The van der Waals surface area contributed by atoms with Gasteiger partial charge >= 0.3 is 0 Å². The minimum atomic E-state index is 0.126. The molecule has 0 bridgehead atoms. The molecule has 0 unspecified atom stereocenters. The number of hydrogen-bond donors (Lipinski definition) is 1. The molecule has 1 saturated carbocycles. The average Bonchev–Trinajstić information content (AvgIpc) is 2.81. The van der Waals surface area contributed by atoms with Crippen LogP contribution in [-0.2, 0) is 9.47 Å². The lowest BCUT2D eigenvalue weighted by molar-refractivity contribution is 0.0412. The number of benzene rings is 1. The van der Waals surface area contributed by atoms with Crippen LogP contribution in [0, 0.1) is 5.41 Å². The van der Waals surface area contributed by atoms with Gasteiger partial charge in [0.2, 0.25) is 5.90 Å². The minimum Gasteiger partial charge on any atom is -0.479 e. The zero-order valence-electron chi connectivity index (χ0n) is 11.2. The van der Waals surface area contributed by atoms with Crippen molar-refractivity contribution < 1.29 is 9.47 Å². The van der Waals surface area contributed by atoms with Crippen LogP contribution < -0.4 is 0 Å². The lowest BCUT2D eigenvalue weighted by Gasteiger charge is -2.22. The van der Waals surface area contributed by atoms with Crippen LogP contribution in [0.4, 0.5) is 0 Å². The number of rotatable bonds is 2. The summed E-state index contributed by atoms with van der Waals surface area (Å²) in [4.78, 5) is 4.25. The Morgan fingerprint density at radius 1 is 1.32 bits per heavy atom. The van der Waals surface area contributed by atoms with E-state index < -0.39 is 0 Å².